The predicted octanol–water partition coefficient (Wildman–Crippen LogP) is 5.06. The van der Waals surface area contributed by atoms with E-state index in [9.17, 15) is 28.6 Å². The Morgan fingerprint density at radius 3 is 2.28 bits per heavy atom. The summed E-state index contributed by atoms with van der Waals surface area (Å²) < 4.78 is 30.0. The number of amides is 1. The molecule has 0 unspecified atom stereocenters. The van der Waals surface area contributed by atoms with E-state index in [2.05, 4.69) is 5.32 Å². The first-order valence-electron chi connectivity index (χ1n) is 10.5. The summed E-state index contributed by atoms with van der Waals surface area (Å²) in [4.78, 5) is 22.6. The molecule has 10 heteroatoms. The van der Waals surface area contributed by atoms with Gasteiger partial charge < -0.3 is 9.50 Å². The molecule has 0 saturated carbocycles. The molecule has 0 radical (unpaired) electrons. The second kappa shape index (κ2) is 10.1. The molecule has 0 bridgehead atoms. The molecule has 9 nitrogen and oxygen atoms in total. The van der Waals surface area contributed by atoms with Crippen LogP contribution in [0.25, 0.3) is 16.8 Å². The fraction of sp³-hybridized carbons (Fsp3) is 0. The highest BCUT2D eigenvalue weighted by molar-refractivity contribution is 7.87. The average Bonchev–Trinajstić information content (AvgIpc) is 2.88. The lowest BCUT2D eigenvalue weighted by atomic mass is 10.1. The lowest BCUT2D eigenvalue weighted by Crippen LogP contribution is -2.13. The Balaban J connectivity index is 1.49. The Morgan fingerprint density at radius 2 is 1.61 bits per heavy atom. The van der Waals surface area contributed by atoms with Crippen molar-refractivity contribution < 1.29 is 22.3 Å². The minimum absolute atomic E-state index is 0.00998. The largest absolute Gasteiger partial charge is 0.379 e. The number of non-ortho nitro benzene ring substituents is 1. The molecule has 178 valence electrons. The zero-order valence-electron chi connectivity index (χ0n) is 18.5. The van der Waals surface area contributed by atoms with Crippen molar-refractivity contribution in [2.24, 2.45) is 0 Å². The van der Waals surface area contributed by atoms with Crippen LogP contribution in [-0.4, -0.2) is 19.2 Å². The number of benzene rings is 4. The van der Waals surface area contributed by atoms with E-state index in [0.717, 1.165) is 35.0 Å². The molecule has 0 saturated heterocycles. The van der Waals surface area contributed by atoms with Crippen LogP contribution in [-0.2, 0) is 14.9 Å². The number of nitro groups is 1. The molecular weight excluding hydrogens is 482 g/mol. The highest BCUT2D eigenvalue weighted by Crippen LogP contribution is 2.25. The van der Waals surface area contributed by atoms with Gasteiger partial charge in [-0.05, 0) is 47.4 Å². The van der Waals surface area contributed by atoms with Crippen LogP contribution >= 0.6 is 0 Å². The van der Waals surface area contributed by atoms with Crippen LogP contribution in [0, 0.1) is 21.4 Å². The van der Waals surface area contributed by atoms with Crippen LogP contribution in [0.5, 0.6) is 5.75 Å². The van der Waals surface area contributed by atoms with Gasteiger partial charge in [-0.15, -0.1) is 0 Å². The molecule has 0 fully saturated rings. The Hall–Kier alpha value is -5.01. The topological polar surface area (TPSA) is 139 Å². The predicted molar refractivity (Wildman–Crippen MR) is 134 cm³/mol. The van der Waals surface area contributed by atoms with Crippen molar-refractivity contribution in [3.8, 4) is 11.8 Å². The summed E-state index contributed by atoms with van der Waals surface area (Å²) >= 11 is 0. The van der Waals surface area contributed by atoms with Crippen molar-refractivity contribution in [2.45, 2.75) is 4.90 Å². The van der Waals surface area contributed by atoms with E-state index in [0.29, 0.717) is 11.3 Å². The van der Waals surface area contributed by atoms with Crippen molar-refractivity contribution in [2.75, 3.05) is 5.32 Å². The van der Waals surface area contributed by atoms with Crippen molar-refractivity contribution in [3.63, 3.8) is 0 Å². The molecule has 0 aromatic heterocycles. The quantitative estimate of drug-likeness (QED) is 0.123. The van der Waals surface area contributed by atoms with Gasteiger partial charge in [0.25, 0.3) is 11.6 Å². The van der Waals surface area contributed by atoms with E-state index in [4.69, 9.17) is 4.18 Å². The fourth-order valence-corrected chi connectivity index (χ4v) is 4.30. The Bertz CT molecular complexity index is 1630. The lowest BCUT2D eigenvalue weighted by Gasteiger charge is -2.09. The van der Waals surface area contributed by atoms with Crippen molar-refractivity contribution in [1.82, 2.24) is 0 Å². The minimum Gasteiger partial charge on any atom is -0.379 e. The molecule has 0 aliphatic rings. The summed E-state index contributed by atoms with van der Waals surface area (Å²) in [5.41, 5.74) is 0.650. The van der Waals surface area contributed by atoms with E-state index >= 15 is 0 Å². The van der Waals surface area contributed by atoms with Crippen LogP contribution in [0.15, 0.2) is 101 Å². The third-order valence-electron chi connectivity index (χ3n) is 5.14. The average molecular weight is 500 g/mol. The van der Waals surface area contributed by atoms with Gasteiger partial charge in [0.1, 0.15) is 22.3 Å². The second-order valence-electron chi connectivity index (χ2n) is 7.51. The number of nitrogens with zero attached hydrogens (tertiary/aromatic N) is 2. The molecule has 0 aliphatic carbocycles. The molecule has 1 amide bonds. The Kier molecular flexibility index (Phi) is 6.76. The third-order valence-corrected chi connectivity index (χ3v) is 6.40. The number of carbonyl (C=O) groups is 1. The standard InChI is InChI=1S/C26H17N3O6S/c27-17-20(26(30)28-25-7-3-5-19-4-1-2-6-24(19)25)16-18-8-12-22(13-9-18)35-36(33,34)23-14-10-21(11-15-23)29(31)32/h1-16H,(H,28,30)/b20-16+. The first kappa shape index (κ1) is 24.1. The molecule has 0 atom stereocenters. The number of hydrogen-bond donors (Lipinski definition) is 1. The van der Waals surface area contributed by atoms with Gasteiger partial charge in [-0.3, -0.25) is 14.9 Å². The van der Waals surface area contributed by atoms with Crippen LogP contribution in [0.3, 0.4) is 0 Å². The Labute approximate surface area is 206 Å². The van der Waals surface area contributed by atoms with E-state index < -0.39 is 20.9 Å². The highest BCUT2D eigenvalue weighted by Gasteiger charge is 2.18. The number of nitriles is 1. The van der Waals surface area contributed by atoms with Crippen molar-refractivity contribution in [3.05, 3.63) is 112 Å². The first-order chi connectivity index (χ1) is 17.3. The van der Waals surface area contributed by atoms with Gasteiger partial charge in [-0.25, -0.2) is 0 Å². The van der Waals surface area contributed by atoms with Gasteiger partial charge in [0.2, 0.25) is 0 Å². The monoisotopic (exact) mass is 499 g/mol. The molecule has 1 N–H and O–H groups in total. The highest BCUT2D eigenvalue weighted by atomic mass is 32.2. The Morgan fingerprint density at radius 1 is 0.944 bits per heavy atom. The number of anilines is 1. The molecule has 4 rings (SSSR count). The van der Waals surface area contributed by atoms with Gasteiger partial charge in [-0.1, -0.05) is 48.5 Å². The molecular formula is C26H17N3O6S. The summed E-state index contributed by atoms with van der Waals surface area (Å²) in [5, 5.41) is 24.8. The van der Waals surface area contributed by atoms with Crippen molar-refractivity contribution >= 4 is 44.2 Å². The van der Waals surface area contributed by atoms with Gasteiger partial charge in [-0.2, -0.15) is 13.7 Å². The van der Waals surface area contributed by atoms with E-state index in [1.165, 1.54) is 30.3 Å². The molecule has 36 heavy (non-hydrogen) atoms. The lowest BCUT2D eigenvalue weighted by molar-refractivity contribution is -0.384. The van der Waals surface area contributed by atoms with Crippen molar-refractivity contribution in [1.29, 1.82) is 5.26 Å². The normalized spacial score (nSPS) is 11.5. The number of rotatable bonds is 7. The van der Waals surface area contributed by atoms with E-state index in [1.54, 1.807) is 12.1 Å². The number of nitro benzene ring substituents is 1. The number of fused-ring (bicyclic) bond motifs is 1. The minimum atomic E-state index is -4.22. The summed E-state index contributed by atoms with van der Waals surface area (Å²) in [6.45, 7) is 0. The van der Waals surface area contributed by atoms with Crippen LogP contribution in [0.1, 0.15) is 5.56 Å². The molecule has 0 spiro atoms. The van der Waals surface area contributed by atoms with Gasteiger partial charge in [0.15, 0.2) is 0 Å². The summed E-state index contributed by atoms with van der Waals surface area (Å²) in [7, 11) is -4.22. The van der Waals surface area contributed by atoms with Crippen LogP contribution in [0.2, 0.25) is 0 Å². The molecule has 4 aromatic carbocycles. The summed E-state index contributed by atoms with van der Waals surface area (Å²) in [6.07, 6.45) is 1.37. The second-order valence-corrected chi connectivity index (χ2v) is 9.05. The fourth-order valence-electron chi connectivity index (χ4n) is 3.37. The smallest absolute Gasteiger partial charge is 0.339 e. The summed E-state index contributed by atoms with van der Waals surface area (Å²) in [5.74, 6) is -0.598. The number of hydrogen-bond acceptors (Lipinski definition) is 7. The molecule has 4 aromatic rings. The number of nitrogens with one attached hydrogen (secondary N) is 1. The maximum absolute atomic E-state index is 12.7. The van der Waals surface area contributed by atoms with E-state index in [-0.39, 0.29) is 21.9 Å². The van der Waals surface area contributed by atoms with E-state index in [1.807, 2.05) is 36.4 Å². The SMILES string of the molecule is N#C/C(=C\c1ccc(OS(=O)(=O)c2ccc([N+](=O)[O-])cc2)cc1)C(=O)Nc1cccc2ccccc12. The molecule has 0 aliphatic heterocycles. The maximum atomic E-state index is 12.7. The first-order valence-corrected chi connectivity index (χ1v) is 11.9. The van der Waals surface area contributed by atoms with Crippen LogP contribution < -0.4 is 9.50 Å². The maximum Gasteiger partial charge on any atom is 0.339 e. The zero-order chi connectivity index (χ0) is 25.7. The third kappa shape index (κ3) is 5.38. The van der Waals surface area contributed by atoms with Gasteiger partial charge in [0, 0.05) is 23.2 Å². The van der Waals surface area contributed by atoms with Crippen LogP contribution in [0.4, 0.5) is 11.4 Å². The molecule has 0 heterocycles. The summed E-state index contributed by atoms with van der Waals surface area (Å²) in [6, 6.07) is 24.9. The van der Waals surface area contributed by atoms with Gasteiger partial charge >= 0.3 is 10.1 Å². The zero-order valence-corrected chi connectivity index (χ0v) is 19.3. The number of carbonyl (C=O) groups excluding carboxylic acids is 1. The van der Waals surface area contributed by atoms with Gasteiger partial charge in [0.05, 0.1) is 4.92 Å².